The van der Waals surface area contributed by atoms with E-state index in [4.69, 9.17) is 5.73 Å². The molecule has 1 rings (SSSR count). The second kappa shape index (κ2) is 7.04. The maximum Gasteiger partial charge on any atom is 0.237 e. The van der Waals surface area contributed by atoms with Gasteiger partial charge in [-0.2, -0.15) is 0 Å². The first-order chi connectivity index (χ1) is 6.65. The summed E-state index contributed by atoms with van der Waals surface area (Å²) in [6.45, 7) is 6.01. The minimum Gasteiger partial charge on any atom is -0.350 e. The minimum absolute atomic E-state index is 0. The average Bonchev–Trinajstić information content (AvgIpc) is 2.20. The van der Waals surface area contributed by atoms with Crippen LogP contribution in [0, 0.1) is 5.92 Å². The number of piperidine rings is 1. The number of hydrogen-bond donors (Lipinski definition) is 3. The van der Waals surface area contributed by atoms with E-state index in [0.29, 0.717) is 12.3 Å². The molecule has 1 aliphatic heterocycles. The molecule has 0 saturated carbocycles. The summed E-state index contributed by atoms with van der Waals surface area (Å²) < 4.78 is 0. The number of nitrogens with two attached hydrogens (primary N) is 1. The van der Waals surface area contributed by atoms with Crippen molar-refractivity contribution in [3.8, 4) is 0 Å². The fraction of sp³-hybridized carbons (Fsp3) is 0.900. The van der Waals surface area contributed by atoms with Crippen molar-refractivity contribution >= 4 is 18.3 Å². The van der Waals surface area contributed by atoms with Crippen molar-refractivity contribution in [3.63, 3.8) is 0 Å². The van der Waals surface area contributed by atoms with Gasteiger partial charge >= 0.3 is 0 Å². The Labute approximate surface area is 97.8 Å². The Balaban J connectivity index is 0.00000196. The average molecular weight is 236 g/mol. The molecule has 3 atom stereocenters. The molecule has 1 saturated heterocycles. The first-order valence-electron chi connectivity index (χ1n) is 5.41. The van der Waals surface area contributed by atoms with Crippen molar-refractivity contribution < 1.29 is 4.79 Å². The number of nitrogens with one attached hydrogen (secondary N) is 2. The highest BCUT2D eigenvalue weighted by Crippen LogP contribution is 2.11. The van der Waals surface area contributed by atoms with Gasteiger partial charge in [0.2, 0.25) is 5.91 Å². The lowest BCUT2D eigenvalue weighted by atomic mass is 9.94. The quantitative estimate of drug-likeness (QED) is 0.658. The van der Waals surface area contributed by atoms with Gasteiger partial charge in [0.1, 0.15) is 0 Å². The molecule has 1 aliphatic rings. The van der Waals surface area contributed by atoms with Crippen LogP contribution in [0.25, 0.3) is 0 Å². The van der Waals surface area contributed by atoms with Gasteiger partial charge in [-0.1, -0.05) is 13.8 Å². The summed E-state index contributed by atoms with van der Waals surface area (Å²) in [5.41, 5.74) is 5.65. The van der Waals surface area contributed by atoms with E-state index in [-0.39, 0.29) is 30.4 Å². The zero-order chi connectivity index (χ0) is 10.6. The fourth-order valence-electron chi connectivity index (χ4n) is 1.66. The number of hydrogen-bond acceptors (Lipinski definition) is 3. The lowest BCUT2D eigenvalue weighted by Crippen LogP contribution is -2.53. The highest BCUT2D eigenvalue weighted by Gasteiger charge is 2.23. The molecule has 0 spiro atoms. The van der Waals surface area contributed by atoms with Crippen molar-refractivity contribution in [3.05, 3.63) is 0 Å². The number of amides is 1. The molecule has 1 amide bonds. The van der Waals surface area contributed by atoms with Gasteiger partial charge in [0.05, 0.1) is 6.04 Å². The maximum atomic E-state index is 11.5. The number of rotatable bonds is 3. The predicted octanol–water partition coefficient (Wildman–Crippen LogP) is 0.260. The van der Waals surface area contributed by atoms with E-state index in [1.54, 1.807) is 0 Å². The third-order valence-corrected chi connectivity index (χ3v) is 2.93. The Morgan fingerprint density at radius 1 is 1.67 bits per heavy atom. The predicted molar refractivity (Wildman–Crippen MR) is 64.1 cm³/mol. The molecule has 4 N–H and O–H groups in total. The van der Waals surface area contributed by atoms with E-state index >= 15 is 0 Å². The Bertz CT molecular complexity index is 201. The van der Waals surface area contributed by atoms with Crippen LogP contribution in [0.2, 0.25) is 0 Å². The second-order valence-electron chi connectivity index (χ2n) is 4.10. The largest absolute Gasteiger partial charge is 0.350 e. The van der Waals surface area contributed by atoms with Crippen molar-refractivity contribution in [2.75, 3.05) is 13.1 Å². The molecule has 5 heteroatoms. The number of carbonyl (C=O) groups is 1. The van der Waals surface area contributed by atoms with Crippen molar-refractivity contribution in [2.24, 2.45) is 11.7 Å². The van der Waals surface area contributed by atoms with Crippen LogP contribution in [0.3, 0.4) is 0 Å². The fourth-order valence-corrected chi connectivity index (χ4v) is 1.66. The number of halogens is 1. The van der Waals surface area contributed by atoms with Crippen molar-refractivity contribution in [2.45, 2.75) is 38.8 Å². The van der Waals surface area contributed by atoms with Crippen LogP contribution in [0.1, 0.15) is 26.7 Å². The van der Waals surface area contributed by atoms with Gasteiger partial charge in [-0.3, -0.25) is 4.79 Å². The van der Waals surface area contributed by atoms with Gasteiger partial charge in [-0.05, 0) is 25.3 Å². The highest BCUT2D eigenvalue weighted by atomic mass is 35.5. The van der Waals surface area contributed by atoms with Gasteiger partial charge in [-0.15, -0.1) is 12.4 Å². The summed E-state index contributed by atoms with van der Waals surface area (Å²) in [6.07, 6.45) is 1.81. The van der Waals surface area contributed by atoms with E-state index < -0.39 is 0 Å². The molecule has 0 radical (unpaired) electrons. The van der Waals surface area contributed by atoms with Crippen molar-refractivity contribution in [1.82, 2.24) is 10.6 Å². The molecule has 15 heavy (non-hydrogen) atoms. The smallest absolute Gasteiger partial charge is 0.237 e. The van der Waals surface area contributed by atoms with E-state index in [2.05, 4.69) is 17.6 Å². The van der Waals surface area contributed by atoms with Gasteiger partial charge in [0, 0.05) is 12.6 Å². The van der Waals surface area contributed by atoms with E-state index in [9.17, 15) is 4.79 Å². The highest BCUT2D eigenvalue weighted by molar-refractivity contribution is 5.85. The first kappa shape index (κ1) is 14.7. The normalized spacial score (nSPS) is 27.7. The molecular formula is C10H22ClN3O. The second-order valence-corrected chi connectivity index (χ2v) is 4.10. The maximum absolute atomic E-state index is 11.5. The third-order valence-electron chi connectivity index (χ3n) is 2.93. The molecule has 0 aromatic rings. The molecule has 4 nitrogen and oxygen atoms in total. The molecule has 0 aromatic carbocycles. The molecule has 0 aliphatic carbocycles. The standard InChI is InChI=1S/C10H21N3O.ClH/c1-3-8(11)10(14)13-9-6-12-5-4-7(9)2;/h7-9,12H,3-6,11H2,1-2H3,(H,13,14);1H/t7?,8-,9?;/m0./s1. The topological polar surface area (TPSA) is 67.2 Å². The summed E-state index contributed by atoms with van der Waals surface area (Å²) in [7, 11) is 0. The third kappa shape index (κ3) is 4.36. The van der Waals surface area contributed by atoms with Gasteiger partial charge in [0.15, 0.2) is 0 Å². The Hall–Kier alpha value is -0.320. The Kier molecular flexibility index (Phi) is 6.89. The molecule has 1 heterocycles. The molecule has 0 aromatic heterocycles. The van der Waals surface area contributed by atoms with E-state index in [1.165, 1.54) is 0 Å². The zero-order valence-corrected chi connectivity index (χ0v) is 10.3. The molecule has 1 fully saturated rings. The van der Waals surface area contributed by atoms with Crippen LogP contribution in [-0.2, 0) is 4.79 Å². The summed E-state index contributed by atoms with van der Waals surface area (Å²) in [4.78, 5) is 11.5. The van der Waals surface area contributed by atoms with Crippen LogP contribution in [0.15, 0.2) is 0 Å². The van der Waals surface area contributed by atoms with Gasteiger partial charge in [0.25, 0.3) is 0 Å². The van der Waals surface area contributed by atoms with Crippen LogP contribution in [0.5, 0.6) is 0 Å². The zero-order valence-electron chi connectivity index (χ0n) is 9.45. The van der Waals surface area contributed by atoms with Gasteiger partial charge in [-0.25, -0.2) is 0 Å². The van der Waals surface area contributed by atoms with Crippen LogP contribution in [0.4, 0.5) is 0 Å². The lowest BCUT2D eigenvalue weighted by molar-refractivity contribution is -0.123. The summed E-state index contributed by atoms with van der Waals surface area (Å²) >= 11 is 0. The molecule has 0 bridgehead atoms. The Morgan fingerprint density at radius 3 is 2.87 bits per heavy atom. The van der Waals surface area contributed by atoms with Crippen molar-refractivity contribution in [1.29, 1.82) is 0 Å². The van der Waals surface area contributed by atoms with Crippen LogP contribution >= 0.6 is 12.4 Å². The summed E-state index contributed by atoms with van der Waals surface area (Å²) in [6, 6.07) is -0.113. The van der Waals surface area contributed by atoms with Crippen LogP contribution < -0.4 is 16.4 Å². The minimum atomic E-state index is -0.357. The summed E-state index contributed by atoms with van der Waals surface area (Å²) in [5.74, 6) is 0.525. The lowest BCUT2D eigenvalue weighted by Gasteiger charge is -2.30. The van der Waals surface area contributed by atoms with E-state index in [1.807, 2.05) is 6.92 Å². The summed E-state index contributed by atoms with van der Waals surface area (Å²) in [5, 5.41) is 6.26. The first-order valence-corrected chi connectivity index (χ1v) is 5.41. The molecule has 90 valence electrons. The SMILES string of the molecule is CC[C@H](N)C(=O)NC1CNCCC1C.Cl. The van der Waals surface area contributed by atoms with Gasteiger partial charge < -0.3 is 16.4 Å². The Morgan fingerprint density at radius 2 is 2.33 bits per heavy atom. The van der Waals surface area contributed by atoms with Crippen LogP contribution in [-0.4, -0.2) is 31.1 Å². The number of carbonyl (C=O) groups excluding carboxylic acids is 1. The van der Waals surface area contributed by atoms with E-state index in [0.717, 1.165) is 19.5 Å². The molecular weight excluding hydrogens is 214 g/mol. The monoisotopic (exact) mass is 235 g/mol. The molecule has 2 unspecified atom stereocenters.